The summed E-state index contributed by atoms with van der Waals surface area (Å²) in [5.41, 5.74) is 0. The highest BCUT2D eigenvalue weighted by atomic mass is 16.6. The molecule has 1 atom stereocenters. The molecule has 4 nitrogen and oxygen atoms in total. The third-order valence-electron chi connectivity index (χ3n) is 2.86. The van der Waals surface area contributed by atoms with Crippen molar-refractivity contribution in [2.24, 2.45) is 5.92 Å². The zero-order chi connectivity index (χ0) is 12.0. The van der Waals surface area contributed by atoms with E-state index in [4.69, 9.17) is 4.42 Å². The summed E-state index contributed by atoms with van der Waals surface area (Å²) >= 11 is 0. The lowest BCUT2D eigenvalue weighted by atomic mass is 9.95. The van der Waals surface area contributed by atoms with Gasteiger partial charge in [0.1, 0.15) is 10.7 Å². The van der Waals surface area contributed by atoms with Crippen LogP contribution in [0, 0.1) is 16.0 Å². The third-order valence-corrected chi connectivity index (χ3v) is 2.86. The summed E-state index contributed by atoms with van der Waals surface area (Å²) < 4.78 is 5.16. The number of unbranched alkanes of at least 4 members (excludes halogenated alkanes) is 1. The van der Waals surface area contributed by atoms with Crippen molar-refractivity contribution in [2.75, 3.05) is 0 Å². The molecule has 0 aliphatic rings. The number of hydrogen-bond acceptors (Lipinski definition) is 3. The van der Waals surface area contributed by atoms with Crippen molar-refractivity contribution in [3.8, 4) is 0 Å². The molecule has 90 valence electrons. The van der Waals surface area contributed by atoms with Gasteiger partial charge >= 0.3 is 5.88 Å². The Morgan fingerprint density at radius 3 is 2.69 bits per heavy atom. The van der Waals surface area contributed by atoms with E-state index in [1.165, 1.54) is 25.3 Å². The highest BCUT2D eigenvalue weighted by molar-refractivity contribution is 5.18. The first-order valence-electron chi connectivity index (χ1n) is 5.90. The maximum Gasteiger partial charge on any atom is 0.433 e. The quantitative estimate of drug-likeness (QED) is 0.521. The van der Waals surface area contributed by atoms with Gasteiger partial charge in [-0.2, -0.15) is 0 Å². The smallest absolute Gasteiger partial charge is 0.406 e. The van der Waals surface area contributed by atoms with Gasteiger partial charge in [0.15, 0.2) is 0 Å². The van der Waals surface area contributed by atoms with E-state index in [-0.39, 0.29) is 5.88 Å². The van der Waals surface area contributed by atoms with Crippen LogP contribution < -0.4 is 0 Å². The molecule has 1 aromatic heterocycles. The minimum Gasteiger partial charge on any atom is -0.406 e. The Bertz CT molecular complexity index is 333. The van der Waals surface area contributed by atoms with Gasteiger partial charge in [-0.05, 0) is 12.0 Å². The first kappa shape index (κ1) is 12.7. The SMILES string of the molecule is CCCCC(CC)Cc1ccc([N+](=O)[O-])o1. The van der Waals surface area contributed by atoms with Gasteiger partial charge in [-0.1, -0.05) is 39.5 Å². The van der Waals surface area contributed by atoms with Crippen molar-refractivity contribution >= 4 is 5.88 Å². The van der Waals surface area contributed by atoms with E-state index in [2.05, 4.69) is 13.8 Å². The van der Waals surface area contributed by atoms with Crippen LogP contribution in [0.5, 0.6) is 0 Å². The predicted octanol–water partition coefficient (Wildman–Crippen LogP) is 3.95. The number of nitrogens with zero attached hydrogens (tertiary/aromatic N) is 1. The number of nitro groups is 1. The lowest BCUT2D eigenvalue weighted by Gasteiger charge is -2.11. The molecule has 16 heavy (non-hydrogen) atoms. The molecule has 0 N–H and O–H groups in total. The Morgan fingerprint density at radius 2 is 2.19 bits per heavy atom. The van der Waals surface area contributed by atoms with Crippen molar-refractivity contribution in [2.45, 2.75) is 46.0 Å². The molecule has 0 aliphatic carbocycles. The van der Waals surface area contributed by atoms with Crippen molar-refractivity contribution in [1.29, 1.82) is 0 Å². The molecule has 0 amide bonds. The van der Waals surface area contributed by atoms with Crippen LogP contribution in [0.25, 0.3) is 0 Å². The first-order valence-corrected chi connectivity index (χ1v) is 5.90. The van der Waals surface area contributed by atoms with E-state index in [0.29, 0.717) is 5.92 Å². The van der Waals surface area contributed by atoms with Crippen LogP contribution in [0.15, 0.2) is 16.5 Å². The van der Waals surface area contributed by atoms with Gasteiger partial charge in [0.2, 0.25) is 0 Å². The van der Waals surface area contributed by atoms with Gasteiger partial charge < -0.3 is 4.42 Å². The van der Waals surface area contributed by atoms with Gasteiger partial charge in [-0.3, -0.25) is 10.1 Å². The number of hydrogen-bond donors (Lipinski definition) is 0. The summed E-state index contributed by atoms with van der Waals surface area (Å²) in [5, 5.41) is 10.5. The predicted molar refractivity (Wildman–Crippen MR) is 62.4 cm³/mol. The zero-order valence-corrected chi connectivity index (χ0v) is 9.94. The molecular formula is C12H19NO3. The summed E-state index contributed by atoms with van der Waals surface area (Å²) in [4.78, 5) is 9.96. The Balaban J connectivity index is 2.52. The molecule has 4 heteroatoms. The first-order chi connectivity index (χ1) is 7.67. The van der Waals surface area contributed by atoms with Crippen molar-refractivity contribution in [3.05, 3.63) is 28.0 Å². The van der Waals surface area contributed by atoms with Crippen LogP contribution >= 0.6 is 0 Å². The maximum atomic E-state index is 10.5. The molecule has 0 bridgehead atoms. The summed E-state index contributed by atoms with van der Waals surface area (Å²) in [6, 6.07) is 3.15. The standard InChI is InChI=1S/C12H19NO3/c1-3-5-6-10(4-2)9-11-7-8-12(16-11)13(14)15/h7-8,10H,3-6,9H2,1-2H3. The molecule has 0 saturated carbocycles. The molecule has 1 aromatic rings. The van der Waals surface area contributed by atoms with E-state index in [0.717, 1.165) is 18.6 Å². The normalized spacial score (nSPS) is 12.6. The van der Waals surface area contributed by atoms with Crippen molar-refractivity contribution in [3.63, 3.8) is 0 Å². The number of furan rings is 1. The summed E-state index contributed by atoms with van der Waals surface area (Å²) in [6.07, 6.45) is 5.47. The molecule has 0 aliphatic heterocycles. The summed E-state index contributed by atoms with van der Waals surface area (Å²) in [7, 11) is 0. The molecular weight excluding hydrogens is 206 g/mol. The molecule has 1 rings (SSSR count). The van der Waals surface area contributed by atoms with Crippen LogP contribution in [-0.4, -0.2) is 4.92 Å². The van der Waals surface area contributed by atoms with Crippen molar-refractivity contribution in [1.82, 2.24) is 0 Å². The maximum absolute atomic E-state index is 10.5. The second kappa shape index (κ2) is 6.30. The van der Waals surface area contributed by atoms with Crippen molar-refractivity contribution < 1.29 is 9.34 Å². The fraction of sp³-hybridized carbons (Fsp3) is 0.667. The number of rotatable bonds is 7. The average molecular weight is 225 g/mol. The Kier molecular flexibility index (Phi) is 5.02. The summed E-state index contributed by atoms with van der Waals surface area (Å²) in [6.45, 7) is 4.32. The summed E-state index contributed by atoms with van der Waals surface area (Å²) in [5.74, 6) is 1.15. The average Bonchev–Trinajstić information content (AvgIpc) is 2.72. The Hall–Kier alpha value is -1.32. The highest BCUT2D eigenvalue weighted by Gasteiger charge is 2.14. The lowest BCUT2D eigenvalue weighted by molar-refractivity contribution is -0.402. The van der Waals surface area contributed by atoms with Crippen LogP contribution in [0.4, 0.5) is 5.88 Å². The zero-order valence-electron chi connectivity index (χ0n) is 9.94. The molecule has 0 saturated heterocycles. The minimum absolute atomic E-state index is 0.152. The van der Waals surface area contributed by atoms with Gasteiger partial charge in [-0.25, -0.2) is 0 Å². The van der Waals surface area contributed by atoms with E-state index < -0.39 is 4.92 Å². The van der Waals surface area contributed by atoms with Gasteiger partial charge in [-0.15, -0.1) is 0 Å². The third kappa shape index (κ3) is 3.68. The van der Waals surface area contributed by atoms with Crippen LogP contribution in [0.1, 0.15) is 45.3 Å². The molecule has 0 fully saturated rings. The Labute approximate surface area is 95.8 Å². The van der Waals surface area contributed by atoms with Crippen LogP contribution in [0.2, 0.25) is 0 Å². The largest absolute Gasteiger partial charge is 0.433 e. The topological polar surface area (TPSA) is 56.3 Å². The molecule has 0 aromatic carbocycles. The van der Waals surface area contributed by atoms with Crippen LogP contribution in [0.3, 0.4) is 0 Å². The second-order valence-electron chi connectivity index (χ2n) is 4.12. The molecule has 0 spiro atoms. The minimum atomic E-state index is -0.490. The van der Waals surface area contributed by atoms with E-state index in [1.54, 1.807) is 6.07 Å². The fourth-order valence-corrected chi connectivity index (χ4v) is 1.80. The molecule has 0 radical (unpaired) electrons. The van der Waals surface area contributed by atoms with Gasteiger partial charge in [0, 0.05) is 6.42 Å². The lowest BCUT2D eigenvalue weighted by Crippen LogP contribution is -2.02. The van der Waals surface area contributed by atoms with E-state index >= 15 is 0 Å². The van der Waals surface area contributed by atoms with E-state index in [1.807, 2.05) is 0 Å². The van der Waals surface area contributed by atoms with Crippen LogP contribution in [-0.2, 0) is 6.42 Å². The van der Waals surface area contributed by atoms with E-state index in [9.17, 15) is 10.1 Å². The second-order valence-corrected chi connectivity index (χ2v) is 4.12. The monoisotopic (exact) mass is 225 g/mol. The fourth-order valence-electron chi connectivity index (χ4n) is 1.80. The molecule has 1 heterocycles. The van der Waals surface area contributed by atoms with Gasteiger partial charge in [0.25, 0.3) is 0 Å². The highest BCUT2D eigenvalue weighted by Crippen LogP contribution is 2.22. The molecule has 1 unspecified atom stereocenters. The Morgan fingerprint density at radius 1 is 1.44 bits per heavy atom. The van der Waals surface area contributed by atoms with Gasteiger partial charge in [0.05, 0.1) is 6.07 Å².